The van der Waals surface area contributed by atoms with E-state index >= 15 is 0 Å². The largest absolute Gasteiger partial charge is 0.330 e. The molecule has 1 aromatic rings. The first kappa shape index (κ1) is 13.6. The first-order valence-electron chi connectivity index (χ1n) is 6.49. The second-order valence-corrected chi connectivity index (χ2v) is 7.36. The molecule has 0 heterocycles. The molecule has 1 saturated carbocycles. The second-order valence-electron chi connectivity index (χ2n) is 5.34. The van der Waals surface area contributed by atoms with Gasteiger partial charge in [-0.05, 0) is 30.5 Å². The molecule has 1 aliphatic carbocycles. The molecule has 2 rings (SSSR count). The van der Waals surface area contributed by atoms with Crippen molar-refractivity contribution in [2.24, 2.45) is 5.73 Å². The summed E-state index contributed by atoms with van der Waals surface area (Å²) in [4.78, 5) is 0.384. The van der Waals surface area contributed by atoms with Crippen molar-refractivity contribution in [3.8, 4) is 0 Å². The van der Waals surface area contributed by atoms with E-state index < -0.39 is 9.84 Å². The first-order chi connectivity index (χ1) is 8.48. The van der Waals surface area contributed by atoms with Crippen molar-refractivity contribution in [3.63, 3.8) is 0 Å². The minimum atomic E-state index is -3.11. The Morgan fingerprint density at radius 3 is 2.11 bits per heavy atom. The second kappa shape index (κ2) is 5.02. The molecule has 0 aliphatic heterocycles. The summed E-state index contributed by atoms with van der Waals surface area (Å²) in [6.07, 6.45) is 7.17. The van der Waals surface area contributed by atoms with Gasteiger partial charge in [-0.15, -0.1) is 0 Å². The summed E-state index contributed by atoms with van der Waals surface area (Å²) in [6.45, 7) is 0.644. The lowest BCUT2D eigenvalue weighted by Gasteiger charge is -2.36. The van der Waals surface area contributed by atoms with Gasteiger partial charge in [-0.3, -0.25) is 0 Å². The molecule has 0 aromatic heterocycles. The van der Waals surface area contributed by atoms with Gasteiger partial charge in [0.25, 0.3) is 0 Å². The van der Waals surface area contributed by atoms with Crippen molar-refractivity contribution < 1.29 is 8.42 Å². The van der Waals surface area contributed by atoms with Crippen LogP contribution in [-0.4, -0.2) is 21.2 Å². The van der Waals surface area contributed by atoms with Gasteiger partial charge < -0.3 is 5.73 Å². The third-order valence-electron chi connectivity index (χ3n) is 4.10. The summed E-state index contributed by atoms with van der Waals surface area (Å²) >= 11 is 0. The number of benzene rings is 1. The molecule has 0 saturated heterocycles. The molecule has 3 nitrogen and oxygen atoms in total. The lowest BCUT2D eigenvalue weighted by molar-refractivity contribution is 0.300. The van der Waals surface area contributed by atoms with Gasteiger partial charge in [0.05, 0.1) is 4.90 Å². The molecule has 18 heavy (non-hydrogen) atoms. The average molecular weight is 267 g/mol. The third kappa shape index (κ3) is 2.59. The van der Waals surface area contributed by atoms with Crippen LogP contribution in [0.5, 0.6) is 0 Å². The standard InChI is InChI=1S/C14H21NO2S/c1-18(16,17)13-7-5-12(6-8-13)14(11-15)9-3-2-4-10-14/h5-8H,2-4,9-11,15H2,1H3. The van der Waals surface area contributed by atoms with E-state index in [0.717, 1.165) is 12.8 Å². The van der Waals surface area contributed by atoms with Gasteiger partial charge in [-0.2, -0.15) is 0 Å². The van der Waals surface area contributed by atoms with Crippen LogP contribution in [0.1, 0.15) is 37.7 Å². The smallest absolute Gasteiger partial charge is 0.175 e. The number of nitrogens with two attached hydrogens (primary N) is 1. The van der Waals surface area contributed by atoms with Crippen molar-refractivity contribution in [1.29, 1.82) is 0 Å². The van der Waals surface area contributed by atoms with E-state index in [9.17, 15) is 8.42 Å². The van der Waals surface area contributed by atoms with Crippen LogP contribution in [0.4, 0.5) is 0 Å². The normalized spacial score (nSPS) is 19.7. The summed E-state index contributed by atoms with van der Waals surface area (Å²) in [5.41, 5.74) is 7.23. The van der Waals surface area contributed by atoms with Crippen LogP contribution >= 0.6 is 0 Å². The van der Waals surface area contributed by atoms with Gasteiger partial charge in [0, 0.05) is 18.2 Å². The van der Waals surface area contributed by atoms with Crippen molar-refractivity contribution >= 4 is 9.84 Å². The Morgan fingerprint density at radius 2 is 1.67 bits per heavy atom. The van der Waals surface area contributed by atoms with E-state index in [2.05, 4.69) is 0 Å². The molecule has 4 heteroatoms. The molecule has 0 bridgehead atoms. The molecule has 1 aliphatic rings. The molecular formula is C14H21NO2S. The molecule has 0 radical (unpaired) electrons. The summed E-state index contributed by atoms with van der Waals surface area (Å²) in [7, 11) is -3.11. The van der Waals surface area contributed by atoms with E-state index in [-0.39, 0.29) is 5.41 Å². The highest BCUT2D eigenvalue weighted by molar-refractivity contribution is 7.90. The molecule has 1 aromatic carbocycles. The third-order valence-corrected chi connectivity index (χ3v) is 5.22. The lowest BCUT2D eigenvalue weighted by atomic mass is 9.69. The number of sulfone groups is 1. The number of hydrogen-bond acceptors (Lipinski definition) is 3. The SMILES string of the molecule is CS(=O)(=O)c1ccc(C2(CN)CCCCC2)cc1. The zero-order valence-electron chi connectivity index (χ0n) is 10.9. The van der Waals surface area contributed by atoms with Gasteiger partial charge in [0.15, 0.2) is 9.84 Å². The minimum absolute atomic E-state index is 0.0638. The molecule has 0 unspecified atom stereocenters. The highest BCUT2D eigenvalue weighted by atomic mass is 32.2. The molecular weight excluding hydrogens is 246 g/mol. The summed E-state index contributed by atoms with van der Waals surface area (Å²) < 4.78 is 22.9. The molecule has 100 valence electrons. The Hall–Kier alpha value is -0.870. The van der Waals surface area contributed by atoms with Crippen LogP contribution in [0, 0.1) is 0 Å². The van der Waals surface area contributed by atoms with E-state index in [1.165, 1.54) is 31.1 Å². The zero-order chi connectivity index (χ0) is 13.2. The molecule has 1 fully saturated rings. The quantitative estimate of drug-likeness (QED) is 0.913. The maximum absolute atomic E-state index is 11.4. The molecule has 0 spiro atoms. The Bertz CT molecular complexity index is 499. The maximum atomic E-state index is 11.4. The van der Waals surface area contributed by atoms with Crippen LogP contribution in [0.25, 0.3) is 0 Å². The number of hydrogen-bond donors (Lipinski definition) is 1. The fraction of sp³-hybridized carbons (Fsp3) is 0.571. The van der Waals surface area contributed by atoms with Gasteiger partial charge in [0.1, 0.15) is 0 Å². The van der Waals surface area contributed by atoms with Crippen LogP contribution in [0.15, 0.2) is 29.2 Å². The fourth-order valence-corrected chi connectivity index (χ4v) is 3.53. The van der Waals surface area contributed by atoms with Gasteiger partial charge in [-0.1, -0.05) is 31.4 Å². The highest BCUT2D eigenvalue weighted by Gasteiger charge is 2.32. The minimum Gasteiger partial charge on any atom is -0.330 e. The van der Waals surface area contributed by atoms with Crippen LogP contribution < -0.4 is 5.73 Å². The Kier molecular flexibility index (Phi) is 3.78. The number of rotatable bonds is 3. The molecule has 0 atom stereocenters. The van der Waals surface area contributed by atoms with Crippen molar-refractivity contribution in [2.75, 3.05) is 12.8 Å². The topological polar surface area (TPSA) is 60.2 Å². The summed E-state index contributed by atoms with van der Waals surface area (Å²) in [5.74, 6) is 0. The van der Waals surface area contributed by atoms with Crippen LogP contribution in [-0.2, 0) is 15.3 Å². The van der Waals surface area contributed by atoms with E-state index in [0.29, 0.717) is 11.4 Å². The van der Waals surface area contributed by atoms with Crippen LogP contribution in [0.2, 0.25) is 0 Å². The monoisotopic (exact) mass is 267 g/mol. The van der Waals surface area contributed by atoms with E-state index in [1.807, 2.05) is 12.1 Å². The highest BCUT2D eigenvalue weighted by Crippen LogP contribution is 2.38. The van der Waals surface area contributed by atoms with E-state index in [4.69, 9.17) is 5.73 Å². The Balaban J connectivity index is 2.33. The summed E-state index contributed by atoms with van der Waals surface area (Å²) in [5, 5.41) is 0. The lowest BCUT2D eigenvalue weighted by Crippen LogP contribution is -2.37. The van der Waals surface area contributed by atoms with E-state index in [1.54, 1.807) is 12.1 Å². The summed E-state index contributed by atoms with van der Waals surface area (Å²) in [6, 6.07) is 7.29. The molecule has 0 amide bonds. The fourth-order valence-electron chi connectivity index (χ4n) is 2.89. The van der Waals surface area contributed by atoms with Gasteiger partial charge in [-0.25, -0.2) is 8.42 Å². The predicted molar refractivity (Wildman–Crippen MR) is 73.4 cm³/mol. The van der Waals surface area contributed by atoms with Crippen molar-refractivity contribution in [1.82, 2.24) is 0 Å². The van der Waals surface area contributed by atoms with Crippen molar-refractivity contribution in [2.45, 2.75) is 42.4 Å². The van der Waals surface area contributed by atoms with Crippen molar-refractivity contribution in [3.05, 3.63) is 29.8 Å². The first-order valence-corrected chi connectivity index (χ1v) is 8.38. The Labute approximate surface area is 109 Å². The predicted octanol–water partition coefficient (Wildman–Crippen LogP) is 2.25. The molecule has 2 N–H and O–H groups in total. The van der Waals surface area contributed by atoms with Gasteiger partial charge >= 0.3 is 0 Å². The zero-order valence-corrected chi connectivity index (χ0v) is 11.7. The Morgan fingerprint density at radius 1 is 1.11 bits per heavy atom. The maximum Gasteiger partial charge on any atom is 0.175 e. The average Bonchev–Trinajstić information content (AvgIpc) is 2.39. The van der Waals surface area contributed by atoms with Gasteiger partial charge in [0.2, 0.25) is 0 Å². The van der Waals surface area contributed by atoms with Crippen LogP contribution in [0.3, 0.4) is 0 Å².